The molecule has 2 rings (SSSR count). The summed E-state index contributed by atoms with van der Waals surface area (Å²) in [6.07, 6.45) is 1.18. The first-order valence-corrected chi connectivity index (χ1v) is 8.24. The van der Waals surface area contributed by atoms with E-state index in [2.05, 4.69) is 5.32 Å². The van der Waals surface area contributed by atoms with E-state index in [1.165, 1.54) is 6.92 Å². The zero-order valence-corrected chi connectivity index (χ0v) is 14.8. The average Bonchev–Trinajstić information content (AvgIpc) is 2.48. The molecule has 0 unspecified atom stereocenters. The molecule has 0 atom stereocenters. The zero-order chi connectivity index (χ0) is 17.7. The third-order valence-corrected chi connectivity index (χ3v) is 3.61. The van der Waals surface area contributed by atoms with Crippen LogP contribution in [0.2, 0.25) is 0 Å². The van der Waals surface area contributed by atoms with Gasteiger partial charge < -0.3 is 14.8 Å². The quantitative estimate of drug-likeness (QED) is 0.917. The van der Waals surface area contributed by atoms with E-state index in [0.717, 1.165) is 18.5 Å². The molecule has 1 fully saturated rings. The van der Waals surface area contributed by atoms with Crippen molar-refractivity contribution in [2.75, 3.05) is 23.4 Å². The summed E-state index contributed by atoms with van der Waals surface area (Å²) in [7, 11) is 0. The number of anilines is 2. The van der Waals surface area contributed by atoms with Gasteiger partial charge in [-0.25, -0.2) is 4.79 Å². The summed E-state index contributed by atoms with van der Waals surface area (Å²) in [5, 5.41) is 2.72. The van der Waals surface area contributed by atoms with Gasteiger partial charge in [0.25, 0.3) is 0 Å². The van der Waals surface area contributed by atoms with Crippen LogP contribution in [0.3, 0.4) is 0 Å². The highest BCUT2D eigenvalue weighted by Gasteiger charge is 2.31. The lowest BCUT2D eigenvalue weighted by molar-refractivity contribution is -0.114. The second kappa shape index (κ2) is 7.66. The first kappa shape index (κ1) is 18.3. The molecule has 1 N–H and O–H groups in total. The molecular weight excluding hydrogens is 308 g/mol. The number of rotatable bonds is 3. The second-order valence-corrected chi connectivity index (χ2v) is 6.92. The first-order valence-electron chi connectivity index (χ1n) is 8.24. The van der Waals surface area contributed by atoms with E-state index in [4.69, 9.17) is 9.47 Å². The van der Waals surface area contributed by atoms with Gasteiger partial charge in [0.05, 0.1) is 0 Å². The van der Waals surface area contributed by atoms with Crippen molar-refractivity contribution in [2.24, 2.45) is 0 Å². The topological polar surface area (TPSA) is 67.9 Å². The molecule has 0 bridgehead atoms. The van der Waals surface area contributed by atoms with Gasteiger partial charge in [-0.15, -0.1) is 0 Å². The number of ether oxygens (including phenoxy) is 2. The Kier molecular flexibility index (Phi) is 5.83. The van der Waals surface area contributed by atoms with E-state index < -0.39 is 5.60 Å². The highest BCUT2D eigenvalue weighted by Crippen LogP contribution is 2.26. The Morgan fingerprint density at radius 2 is 1.75 bits per heavy atom. The molecule has 0 spiro atoms. The van der Waals surface area contributed by atoms with Crippen LogP contribution >= 0.6 is 0 Å². The van der Waals surface area contributed by atoms with Gasteiger partial charge in [-0.05, 0) is 57.9 Å². The van der Waals surface area contributed by atoms with Crippen LogP contribution in [0.25, 0.3) is 0 Å². The van der Waals surface area contributed by atoms with Crippen LogP contribution in [-0.2, 0) is 14.3 Å². The molecule has 132 valence electrons. The van der Waals surface area contributed by atoms with Gasteiger partial charge in [-0.3, -0.25) is 9.69 Å². The molecule has 0 aliphatic carbocycles. The SMILES string of the molecule is CC(=O)Nc1ccc(N(C(=O)OC(C)(C)C)C2CCOCC2)cc1. The Morgan fingerprint density at radius 1 is 1.17 bits per heavy atom. The molecule has 1 aliphatic rings. The lowest BCUT2D eigenvalue weighted by Crippen LogP contribution is -2.46. The Labute approximate surface area is 143 Å². The van der Waals surface area contributed by atoms with E-state index in [0.29, 0.717) is 18.9 Å². The number of carbonyl (C=O) groups excluding carboxylic acids is 2. The van der Waals surface area contributed by atoms with Crippen molar-refractivity contribution >= 4 is 23.4 Å². The number of amides is 2. The summed E-state index contributed by atoms with van der Waals surface area (Å²) in [5.41, 5.74) is 0.893. The minimum Gasteiger partial charge on any atom is -0.443 e. The molecule has 1 saturated heterocycles. The fraction of sp³-hybridized carbons (Fsp3) is 0.556. The van der Waals surface area contributed by atoms with E-state index >= 15 is 0 Å². The molecular formula is C18H26N2O4. The van der Waals surface area contributed by atoms with E-state index in [-0.39, 0.29) is 18.0 Å². The summed E-state index contributed by atoms with van der Waals surface area (Å²) in [6, 6.07) is 7.26. The first-order chi connectivity index (χ1) is 11.3. The minimum absolute atomic E-state index is 0.0419. The Morgan fingerprint density at radius 3 is 2.25 bits per heavy atom. The van der Waals surface area contributed by atoms with Gasteiger partial charge in [0.1, 0.15) is 5.60 Å². The maximum atomic E-state index is 12.7. The van der Waals surface area contributed by atoms with Crippen LogP contribution in [0.1, 0.15) is 40.5 Å². The van der Waals surface area contributed by atoms with E-state index in [1.807, 2.05) is 32.9 Å². The van der Waals surface area contributed by atoms with Crippen LogP contribution in [0.4, 0.5) is 16.2 Å². The second-order valence-electron chi connectivity index (χ2n) is 6.92. The van der Waals surface area contributed by atoms with Crippen molar-refractivity contribution in [3.63, 3.8) is 0 Å². The van der Waals surface area contributed by atoms with Crippen molar-refractivity contribution in [1.82, 2.24) is 0 Å². The normalized spacial score (nSPS) is 15.7. The molecule has 6 heteroatoms. The van der Waals surface area contributed by atoms with Crippen LogP contribution in [0.15, 0.2) is 24.3 Å². The predicted octanol–water partition coefficient (Wildman–Crippen LogP) is 3.57. The molecule has 0 saturated carbocycles. The van der Waals surface area contributed by atoms with Crippen LogP contribution in [-0.4, -0.2) is 36.9 Å². The Hall–Kier alpha value is -2.08. The molecule has 0 radical (unpaired) electrons. The van der Waals surface area contributed by atoms with Gasteiger partial charge in [0, 0.05) is 37.6 Å². The summed E-state index contributed by atoms with van der Waals surface area (Å²) in [6.45, 7) is 8.29. The highest BCUT2D eigenvalue weighted by atomic mass is 16.6. The Balaban J connectivity index is 2.23. The van der Waals surface area contributed by atoms with Crippen molar-refractivity contribution < 1.29 is 19.1 Å². The highest BCUT2D eigenvalue weighted by molar-refractivity contribution is 5.91. The van der Waals surface area contributed by atoms with Gasteiger partial charge >= 0.3 is 6.09 Å². The lowest BCUT2D eigenvalue weighted by Gasteiger charge is -2.35. The van der Waals surface area contributed by atoms with Crippen molar-refractivity contribution in [3.05, 3.63) is 24.3 Å². The van der Waals surface area contributed by atoms with Crippen LogP contribution in [0, 0.1) is 0 Å². The molecule has 1 heterocycles. The zero-order valence-electron chi connectivity index (χ0n) is 14.8. The summed E-state index contributed by atoms with van der Waals surface area (Å²) in [5.74, 6) is -0.129. The number of hydrogen-bond acceptors (Lipinski definition) is 4. The maximum absolute atomic E-state index is 12.7. The Bertz CT molecular complexity index is 572. The van der Waals surface area contributed by atoms with Crippen LogP contribution in [0.5, 0.6) is 0 Å². The van der Waals surface area contributed by atoms with Gasteiger partial charge in [-0.2, -0.15) is 0 Å². The average molecular weight is 334 g/mol. The molecule has 2 amide bonds. The molecule has 1 aromatic rings. The monoisotopic (exact) mass is 334 g/mol. The number of nitrogens with zero attached hydrogens (tertiary/aromatic N) is 1. The molecule has 1 aromatic carbocycles. The van der Waals surface area contributed by atoms with Crippen molar-refractivity contribution in [2.45, 2.75) is 52.2 Å². The maximum Gasteiger partial charge on any atom is 0.415 e. The summed E-state index contributed by atoms with van der Waals surface area (Å²) >= 11 is 0. The van der Waals surface area contributed by atoms with Gasteiger partial charge in [0.15, 0.2) is 0 Å². The van der Waals surface area contributed by atoms with Gasteiger partial charge in [-0.1, -0.05) is 0 Å². The van der Waals surface area contributed by atoms with E-state index in [1.54, 1.807) is 17.0 Å². The minimum atomic E-state index is -0.559. The van der Waals surface area contributed by atoms with Crippen molar-refractivity contribution in [1.29, 1.82) is 0 Å². The third kappa shape index (κ3) is 5.23. The number of carbonyl (C=O) groups is 2. The number of hydrogen-bond donors (Lipinski definition) is 1. The largest absolute Gasteiger partial charge is 0.443 e. The smallest absolute Gasteiger partial charge is 0.415 e. The number of nitrogens with one attached hydrogen (secondary N) is 1. The van der Waals surface area contributed by atoms with Crippen LogP contribution < -0.4 is 10.2 Å². The predicted molar refractivity (Wildman–Crippen MR) is 93.3 cm³/mol. The molecule has 6 nitrogen and oxygen atoms in total. The summed E-state index contributed by atoms with van der Waals surface area (Å²) < 4.78 is 11.0. The number of benzene rings is 1. The standard InChI is InChI=1S/C18H26N2O4/c1-13(21)19-14-5-7-15(8-6-14)20(16-9-11-23-12-10-16)17(22)24-18(2,3)4/h5-8,16H,9-12H2,1-4H3,(H,19,21). The third-order valence-electron chi connectivity index (χ3n) is 3.61. The molecule has 1 aliphatic heterocycles. The lowest BCUT2D eigenvalue weighted by atomic mass is 10.1. The molecule has 0 aromatic heterocycles. The fourth-order valence-corrected chi connectivity index (χ4v) is 2.63. The fourth-order valence-electron chi connectivity index (χ4n) is 2.63. The molecule has 24 heavy (non-hydrogen) atoms. The summed E-state index contributed by atoms with van der Waals surface area (Å²) in [4.78, 5) is 25.5. The van der Waals surface area contributed by atoms with E-state index in [9.17, 15) is 9.59 Å². The van der Waals surface area contributed by atoms with Crippen molar-refractivity contribution in [3.8, 4) is 0 Å². The van der Waals surface area contributed by atoms with Gasteiger partial charge in [0.2, 0.25) is 5.91 Å².